The van der Waals surface area contributed by atoms with Crippen LogP contribution in [0.2, 0.25) is 0 Å². The van der Waals surface area contributed by atoms with Gasteiger partial charge in [-0.15, -0.1) is 0 Å². The van der Waals surface area contributed by atoms with Crippen LogP contribution in [0.4, 0.5) is 4.39 Å². The molecule has 0 spiro atoms. The third-order valence-corrected chi connectivity index (χ3v) is 6.81. The van der Waals surface area contributed by atoms with E-state index in [0.717, 1.165) is 31.4 Å². The molecule has 8 heteroatoms. The summed E-state index contributed by atoms with van der Waals surface area (Å²) in [7, 11) is -3.91. The van der Waals surface area contributed by atoms with Crippen LogP contribution in [0, 0.1) is 5.82 Å². The van der Waals surface area contributed by atoms with E-state index in [1.807, 2.05) is 6.07 Å². The molecule has 3 rings (SSSR count). The minimum atomic E-state index is -3.91. The Labute approximate surface area is 164 Å². The van der Waals surface area contributed by atoms with Crippen molar-refractivity contribution in [3.8, 4) is 0 Å². The number of sulfonamides is 1. The van der Waals surface area contributed by atoms with Crippen molar-refractivity contribution in [2.24, 2.45) is 0 Å². The van der Waals surface area contributed by atoms with Gasteiger partial charge in [0.15, 0.2) is 0 Å². The van der Waals surface area contributed by atoms with Crippen molar-refractivity contribution in [3.05, 3.63) is 60.2 Å². The molecule has 1 amide bonds. The van der Waals surface area contributed by atoms with Gasteiger partial charge in [0.2, 0.25) is 15.9 Å². The molecule has 28 heavy (non-hydrogen) atoms. The highest BCUT2D eigenvalue weighted by Crippen LogP contribution is 2.27. The number of hydrogen-bond donors (Lipinski definition) is 1. The average Bonchev–Trinajstić information content (AvgIpc) is 2.72. The van der Waals surface area contributed by atoms with Crippen LogP contribution in [0.5, 0.6) is 0 Å². The highest BCUT2D eigenvalue weighted by Gasteiger charge is 2.33. The van der Waals surface area contributed by atoms with E-state index in [4.69, 9.17) is 0 Å². The van der Waals surface area contributed by atoms with Gasteiger partial charge >= 0.3 is 0 Å². The maximum absolute atomic E-state index is 13.2. The molecule has 2 aromatic rings. The smallest absolute Gasteiger partial charge is 0.243 e. The molecule has 1 saturated carbocycles. The molecule has 1 aliphatic carbocycles. The van der Waals surface area contributed by atoms with Gasteiger partial charge in [-0.25, -0.2) is 12.8 Å². The first-order valence-electron chi connectivity index (χ1n) is 9.41. The number of aromatic nitrogens is 1. The molecule has 6 nitrogen and oxygen atoms in total. The Hall–Kier alpha value is -2.32. The molecule has 1 heterocycles. The van der Waals surface area contributed by atoms with Gasteiger partial charge in [0.05, 0.1) is 23.7 Å². The monoisotopic (exact) mass is 405 g/mol. The lowest BCUT2D eigenvalue weighted by molar-refractivity contribution is -0.121. The maximum Gasteiger partial charge on any atom is 0.243 e. The molecule has 1 aromatic carbocycles. The van der Waals surface area contributed by atoms with Crippen LogP contribution in [-0.2, 0) is 21.4 Å². The second-order valence-corrected chi connectivity index (χ2v) is 8.78. The first kappa shape index (κ1) is 20.4. The summed E-state index contributed by atoms with van der Waals surface area (Å²) in [6.45, 7) is -0.0357. The van der Waals surface area contributed by atoms with Crippen LogP contribution in [0.3, 0.4) is 0 Å². The van der Waals surface area contributed by atoms with Crippen LogP contribution in [0.15, 0.2) is 53.6 Å². The van der Waals surface area contributed by atoms with Crippen molar-refractivity contribution in [2.75, 3.05) is 6.54 Å². The summed E-state index contributed by atoms with van der Waals surface area (Å²) in [6, 6.07) is 9.88. The van der Waals surface area contributed by atoms with E-state index in [1.165, 1.54) is 16.4 Å². The normalized spacial score (nSPS) is 15.5. The number of nitrogens with one attached hydrogen (secondary N) is 1. The zero-order valence-electron chi connectivity index (χ0n) is 15.6. The third-order valence-electron chi connectivity index (χ3n) is 4.89. The van der Waals surface area contributed by atoms with Crippen molar-refractivity contribution < 1.29 is 17.6 Å². The number of nitrogens with zero attached hydrogens (tertiary/aromatic N) is 2. The standard InChI is InChI=1S/C20H24FN3O3S/c21-16-9-11-19(12-10-16)28(26,27)24(18-7-2-1-3-8-18)15-20(25)23-14-17-6-4-5-13-22-17/h4-6,9-13,18H,1-3,7-8,14-15H2,(H,23,25). The van der Waals surface area contributed by atoms with Crippen molar-refractivity contribution in [3.63, 3.8) is 0 Å². The lowest BCUT2D eigenvalue weighted by Gasteiger charge is -2.33. The summed E-state index contributed by atoms with van der Waals surface area (Å²) in [5.41, 5.74) is 0.696. The Balaban J connectivity index is 1.76. The van der Waals surface area contributed by atoms with Gasteiger partial charge in [0.25, 0.3) is 0 Å². The molecule has 0 saturated heterocycles. The Kier molecular flexibility index (Phi) is 6.74. The molecule has 1 fully saturated rings. The maximum atomic E-state index is 13.2. The van der Waals surface area contributed by atoms with E-state index in [0.29, 0.717) is 18.5 Å². The number of halogens is 1. The van der Waals surface area contributed by atoms with E-state index >= 15 is 0 Å². The second-order valence-electron chi connectivity index (χ2n) is 6.89. The van der Waals surface area contributed by atoms with Gasteiger partial charge in [-0.2, -0.15) is 4.31 Å². The summed E-state index contributed by atoms with van der Waals surface area (Å²) >= 11 is 0. The van der Waals surface area contributed by atoms with Crippen molar-refractivity contribution in [1.82, 2.24) is 14.6 Å². The zero-order chi connectivity index (χ0) is 20.0. The summed E-state index contributed by atoms with van der Waals surface area (Å²) in [4.78, 5) is 16.6. The van der Waals surface area contributed by atoms with Crippen LogP contribution in [0.1, 0.15) is 37.8 Å². The Morgan fingerprint density at radius 1 is 1.11 bits per heavy atom. The molecule has 1 N–H and O–H groups in total. The number of pyridine rings is 1. The van der Waals surface area contributed by atoms with Crippen molar-refractivity contribution in [1.29, 1.82) is 0 Å². The molecule has 150 valence electrons. The predicted octanol–water partition coefficient (Wildman–Crippen LogP) is 2.86. The van der Waals surface area contributed by atoms with Crippen LogP contribution < -0.4 is 5.32 Å². The number of benzene rings is 1. The summed E-state index contributed by atoms with van der Waals surface area (Å²) in [5, 5.41) is 2.73. The fraction of sp³-hybridized carbons (Fsp3) is 0.400. The largest absolute Gasteiger partial charge is 0.349 e. The van der Waals surface area contributed by atoms with E-state index in [1.54, 1.807) is 18.3 Å². The summed E-state index contributed by atoms with van der Waals surface area (Å²) < 4.78 is 40.8. The van der Waals surface area contributed by atoms with Gasteiger partial charge < -0.3 is 5.32 Å². The fourth-order valence-corrected chi connectivity index (χ4v) is 5.05. The summed E-state index contributed by atoms with van der Waals surface area (Å²) in [6.07, 6.45) is 5.98. The predicted molar refractivity (Wildman–Crippen MR) is 103 cm³/mol. The lowest BCUT2D eigenvalue weighted by atomic mass is 9.95. The highest BCUT2D eigenvalue weighted by atomic mass is 32.2. The van der Waals surface area contributed by atoms with E-state index in [-0.39, 0.29) is 29.9 Å². The Morgan fingerprint density at radius 3 is 2.46 bits per heavy atom. The fourth-order valence-electron chi connectivity index (χ4n) is 3.41. The Morgan fingerprint density at radius 2 is 1.82 bits per heavy atom. The molecule has 0 bridgehead atoms. The minimum Gasteiger partial charge on any atom is -0.349 e. The third kappa shape index (κ3) is 5.14. The topological polar surface area (TPSA) is 79.4 Å². The number of carbonyl (C=O) groups is 1. The van der Waals surface area contributed by atoms with Crippen LogP contribution in [-0.4, -0.2) is 36.2 Å². The molecule has 1 aromatic heterocycles. The molecular formula is C20H24FN3O3S. The van der Waals surface area contributed by atoms with E-state index in [2.05, 4.69) is 10.3 Å². The first-order chi connectivity index (χ1) is 13.5. The van der Waals surface area contributed by atoms with Gasteiger partial charge in [0.1, 0.15) is 5.82 Å². The van der Waals surface area contributed by atoms with E-state index in [9.17, 15) is 17.6 Å². The van der Waals surface area contributed by atoms with Crippen molar-refractivity contribution >= 4 is 15.9 Å². The quantitative estimate of drug-likeness (QED) is 0.768. The average molecular weight is 405 g/mol. The zero-order valence-corrected chi connectivity index (χ0v) is 16.4. The van der Waals surface area contributed by atoms with Gasteiger partial charge in [-0.05, 0) is 49.2 Å². The molecular weight excluding hydrogens is 381 g/mol. The SMILES string of the molecule is O=C(CN(C1CCCCC1)S(=O)(=O)c1ccc(F)cc1)NCc1ccccn1. The van der Waals surface area contributed by atoms with Gasteiger partial charge in [0, 0.05) is 12.2 Å². The molecule has 0 atom stereocenters. The van der Waals surface area contributed by atoms with Gasteiger partial charge in [-0.3, -0.25) is 9.78 Å². The molecule has 0 unspecified atom stereocenters. The lowest BCUT2D eigenvalue weighted by Crippen LogP contribution is -2.47. The molecule has 0 aliphatic heterocycles. The number of carbonyl (C=O) groups excluding carboxylic acids is 1. The minimum absolute atomic E-state index is 0.00278. The second kappa shape index (κ2) is 9.25. The number of amides is 1. The highest BCUT2D eigenvalue weighted by molar-refractivity contribution is 7.89. The van der Waals surface area contributed by atoms with Gasteiger partial charge in [-0.1, -0.05) is 25.3 Å². The number of hydrogen-bond acceptors (Lipinski definition) is 4. The summed E-state index contributed by atoms with van der Waals surface area (Å²) in [5.74, 6) is -0.891. The van der Waals surface area contributed by atoms with E-state index < -0.39 is 15.8 Å². The van der Waals surface area contributed by atoms with Crippen LogP contribution >= 0.6 is 0 Å². The van der Waals surface area contributed by atoms with Crippen molar-refractivity contribution in [2.45, 2.75) is 49.6 Å². The molecule has 0 radical (unpaired) electrons. The number of rotatable bonds is 7. The first-order valence-corrected chi connectivity index (χ1v) is 10.8. The van der Waals surface area contributed by atoms with Crippen LogP contribution in [0.25, 0.3) is 0 Å². The molecule has 1 aliphatic rings. The Bertz CT molecular complexity index is 883.